The fourth-order valence-electron chi connectivity index (χ4n) is 0.555. The summed E-state index contributed by atoms with van der Waals surface area (Å²) in [6.07, 6.45) is 0. The van der Waals surface area contributed by atoms with E-state index in [-0.39, 0.29) is 5.48 Å². The normalized spacial score (nSPS) is 7.60. The lowest BCUT2D eigenvalue weighted by molar-refractivity contribution is -0.120. The van der Waals surface area contributed by atoms with Gasteiger partial charge in [0.1, 0.15) is 5.75 Å². The van der Waals surface area contributed by atoms with Crippen molar-refractivity contribution < 1.29 is 15.0 Å². The van der Waals surface area contributed by atoms with Crippen molar-refractivity contribution in [3.8, 4) is 5.75 Å². The van der Waals surface area contributed by atoms with Crippen molar-refractivity contribution in [1.82, 2.24) is 0 Å². The molecule has 0 saturated carbocycles. The average molecular weight is 140 g/mol. The molecule has 0 aromatic heterocycles. The molecule has 2 N–H and O–H groups in total. The first-order valence-corrected chi connectivity index (χ1v) is 2.59. The van der Waals surface area contributed by atoms with Crippen molar-refractivity contribution in [2.45, 2.75) is 0 Å². The Kier molecular flexibility index (Phi) is 3.91. The van der Waals surface area contributed by atoms with Crippen molar-refractivity contribution in [2.75, 3.05) is 0 Å². The Morgan fingerprint density at radius 3 is 2.30 bits per heavy atom. The summed E-state index contributed by atoms with van der Waals surface area (Å²) in [5.41, 5.74) is 0. The van der Waals surface area contributed by atoms with Gasteiger partial charge in [-0.3, -0.25) is 4.79 Å². The first-order valence-electron chi connectivity index (χ1n) is 2.59. The van der Waals surface area contributed by atoms with Gasteiger partial charge in [0.2, 0.25) is 0 Å². The monoisotopic (exact) mass is 140 g/mol. The van der Waals surface area contributed by atoms with Crippen LogP contribution < -0.4 is 4.74 Å². The third-order valence-corrected chi connectivity index (χ3v) is 0.927. The average Bonchev–Trinajstić information content (AvgIpc) is 1.91. The fraction of sp³-hybridized carbons (Fsp3) is 0. The van der Waals surface area contributed by atoms with E-state index in [1.807, 2.05) is 6.07 Å². The van der Waals surface area contributed by atoms with Crippen LogP contribution in [0, 0.1) is 0 Å². The van der Waals surface area contributed by atoms with Crippen LogP contribution in [0.2, 0.25) is 0 Å². The molecule has 0 bridgehead atoms. The zero-order valence-electron chi connectivity index (χ0n) is 5.28. The van der Waals surface area contributed by atoms with Crippen molar-refractivity contribution in [2.24, 2.45) is 0 Å². The molecule has 1 rings (SSSR count). The minimum atomic E-state index is 0. The number of carbonyl (C=O) groups excluding carboxylic acids is 1. The van der Waals surface area contributed by atoms with Crippen LogP contribution in [0.3, 0.4) is 0 Å². The summed E-state index contributed by atoms with van der Waals surface area (Å²) < 4.78 is 4.53. The maximum absolute atomic E-state index is 9.75. The maximum atomic E-state index is 9.75. The fourth-order valence-corrected chi connectivity index (χ4v) is 0.555. The van der Waals surface area contributed by atoms with E-state index < -0.39 is 0 Å². The highest BCUT2D eigenvalue weighted by atomic mass is 16.5. The van der Waals surface area contributed by atoms with Gasteiger partial charge in [-0.2, -0.15) is 0 Å². The zero-order chi connectivity index (χ0) is 6.53. The largest absolute Gasteiger partial charge is 0.429 e. The summed E-state index contributed by atoms with van der Waals surface area (Å²) in [5, 5.41) is 0. The number of benzene rings is 1. The number of hydrogen-bond donors (Lipinski definition) is 0. The van der Waals surface area contributed by atoms with E-state index in [0.717, 1.165) is 0 Å². The summed E-state index contributed by atoms with van der Waals surface area (Å²) in [4.78, 5) is 9.75. The van der Waals surface area contributed by atoms with Gasteiger partial charge in [-0.1, -0.05) is 18.2 Å². The van der Waals surface area contributed by atoms with Crippen LogP contribution in [0.25, 0.3) is 0 Å². The lowest BCUT2D eigenvalue weighted by Gasteiger charge is -1.92. The van der Waals surface area contributed by atoms with Crippen LogP contribution in [0.15, 0.2) is 30.3 Å². The second-order valence-electron chi connectivity index (χ2n) is 1.53. The third-order valence-electron chi connectivity index (χ3n) is 0.927. The summed E-state index contributed by atoms with van der Waals surface area (Å²) in [5.74, 6) is 0.576. The van der Waals surface area contributed by atoms with Crippen LogP contribution in [-0.4, -0.2) is 11.9 Å². The molecular weight excluding hydrogens is 132 g/mol. The quantitative estimate of drug-likeness (QED) is 0.558. The SMILES string of the molecule is O.O=COc1ccccc1. The predicted molar refractivity (Wildman–Crippen MR) is 36.7 cm³/mol. The first kappa shape index (κ1) is 8.65. The molecule has 0 saturated heterocycles. The van der Waals surface area contributed by atoms with E-state index in [1.54, 1.807) is 24.3 Å². The Morgan fingerprint density at radius 2 is 1.80 bits per heavy atom. The highest BCUT2D eigenvalue weighted by Crippen LogP contribution is 2.05. The maximum Gasteiger partial charge on any atom is 0.298 e. The molecule has 54 valence electrons. The van der Waals surface area contributed by atoms with Crippen molar-refractivity contribution >= 4 is 6.47 Å². The van der Waals surface area contributed by atoms with Crippen LogP contribution in [-0.2, 0) is 4.79 Å². The minimum absolute atomic E-state index is 0. The smallest absolute Gasteiger partial charge is 0.298 e. The molecule has 3 heteroatoms. The second kappa shape index (κ2) is 4.52. The highest BCUT2D eigenvalue weighted by Gasteiger charge is 1.84. The Morgan fingerprint density at radius 1 is 1.20 bits per heavy atom. The van der Waals surface area contributed by atoms with Gasteiger partial charge in [-0.05, 0) is 12.1 Å². The van der Waals surface area contributed by atoms with Gasteiger partial charge in [-0.15, -0.1) is 0 Å². The molecule has 0 radical (unpaired) electrons. The molecule has 0 amide bonds. The Hall–Kier alpha value is -1.35. The molecule has 0 atom stereocenters. The van der Waals surface area contributed by atoms with E-state index in [9.17, 15) is 4.79 Å². The number of ether oxygens (including phenoxy) is 1. The number of para-hydroxylation sites is 1. The van der Waals surface area contributed by atoms with Crippen LogP contribution in [0.5, 0.6) is 5.75 Å². The van der Waals surface area contributed by atoms with Gasteiger partial charge in [0.25, 0.3) is 6.47 Å². The van der Waals surface area contributed by atoms with Gasteiger partial charge >= 0.3 is 0 Å². The number of carbonyl (C=O) groups is 1. The van der Waals surface area contributed by atoms with Gasteiger partial charge in [0.15, 0.2) is 0 Å². The topological polar surface area (TPSA) is 57.8 Å². The molecule has 0 aliphatic carbocycles. The third kappa shape index (κ3) is 2.28. The molecular formula is C7H8O3. The first-order chi connectivity index (χ1) is 4.43. The summed E-state index contributed by atoms with van der Waals surface area (Å²) in [7, 11) is 0. The van der Waals surface area contributed by atoms with Crippen molar-refractivity contribution in [3.05, 3.63) is 30.3 Å². The van der Waals surface area contributed by atoms with Crippen LogP contribution >= 0.6 is 0 Å². The van der Waals surface area contributed by atoms with Gasteiger partial charge in [0, 0.05) is 0 Å². The van der Waals surface area contributed by atoms with Crippen molar-refractivity contribution in [1.29, 1.82) is 0 Å². The molecule has 0 aliphatic rings. The van der Waals surface area contributed by atoms with E-state index in [1.165, 1.54) is 0 Å². The molecule has 0 aliphatic heterocycles. The number of rotatable bonds is 2. The van der Waals surface area contributed by atoms with Crippen LogP contribution in [0.4, 0.5) is 0 Å². The summed E-state index contributed by atoms with van der Waals surface area (Å²) in [6.45, 7) is 0.412. The minimum Gasteiger partial charge on any atom is -0.429 e. The second-order valence-corrected chi connectivity index (χ2v) is 1.53. The van der Waals surface area contributed by atoms with Crippen LogP contribution in [0.1, 0.15) is 0 Å². The number of hydrogen-bond acceptors (Lipinski definition) is 2. The molecule has 10 heavy (non-hydrogen) atoms. The van der Waals surface area contributed by atoms with E-state index in [0.29, 0.717) is 12.2 Å². The predicted octanol–water partition coefficient (Wildman–Crippen LogP) is 0.397. The summed E-state index contributed by atoms with van der Waals surface area (Å²) >= 11 is 0. The molecule has 0 unspecified atom stereocenters. The van der Waals surface area contributed by atoms with E-state index in [2.05, 4.69) is 4.74 Å². The molecule has 1 aromatic rings. The molecule has 0 fully saturated rings. The lowest BCUT2D eigenvalue weighted by atomic mass is 10.3. The molecule has 0 spiro atoms. The highest BCUT2D eigenvalue weighted by molar-refractivity contribution is 5.44. The standard InChI is InChI=1S/C7H6O2.H2O/c8-6-9-7-4-2-1-3-5-7;/h1-6H;1H2. The Balaban J connectivity index is 0.000000810. The van der Waals surface area contributed by atoms with Gasteiger partial charge in [-0.25, -0.2) is 0 Å². The molecule has 1 aromatic carbocycles. The zero-order valence-corrected chi connectivity index (χ0v) is 5.28. The summed E-state index contributed by atoms with van der Waals surface area (Å²) in [6, 6.07) is 8.90. The van der Waals surface area contributed by atoms with Crippen molar-refractivity contribution in [3.63, 3.8) is 0 Å². The Bertz CT molecular complexity index is 183. The van der Waals surface area contributed by atoms with Gasteiger partial charge < -0.3 is 10.2 Å². The van der Waals surface area contributed by atoms with E-state index in [4.69, 9.17) is 0 Å². The lowest BCUT2D eigenvalue weighted by Crippen LogP contribution is -1.85. The molecule has 3 nitrogen and oxygen atoms in total. The molecule has 0 heterocycles. The van der Waals surface area contributed by atoms with E-state index >= 15 is 0 Å². The van der Waals surface area contributed by atoms with Gasteiger partial charge in [0.05, 0.1) is 0 Å². The Labute approximate surface area is 58.6 Å².